The van der Waals surface area contributed by atoms with Gasteiger partial charge in [-0.15, -0.1) is 0 Å². The van der Waals surface area contributed by atoms with Crippen molar-refractivity contribution in [2.24, 2.45) is 0 Å². The molecule has 0 bridgehead atoms. The lowest BCUT2D eigenvalue weighted by Gasteiger charge is -2.06. The highest BCUT2D eigenvalue weighted by Gasteiger charge is 2.06. The zero-order valence-corrected chi connectivity index (χ0v) is 10.4. The van der Waals surface area contributed by atoms with Gasteiger partial charge in [0.1, 0.15) is 0 Å². The molecule has 0 saturated heterocycles. The summed E-state index contributed by atoms with van der Waals surface area (Å²) in [6, 6.07) is 9.02. The normalized spacial score (nSPS) is 11.1. The number of aromatic nitrogens is 1. The number of rotatable bonds is 3. The molecule has 1 heterocycles. The van der Waals surface area contributed by atoms with Crippen molar-refractivity contribution in [1.29, 1.82) is 0 Å². The summed E-state index contributed by atoms with van der Waals surface area (Å²) in [5.41, 5.74) is 4.14. The van der Waals surface area contributed by atoms with Gasteiger partial charge in [-0.3, -0.25) is 0 Å². The quantitative estimate of drug-likeness (QED) is 0.759. The first kappa shape index (κ1) is 10.6. The van der Waals surface area contributed by atoms with E-state index in [2.05, 4.69) is 48.9 Å². The van der Waals surface area contributed by atoms with E-state index in [0.29, 0.717) is 0 Å². The second-order valence-corrected chi connectivity index (χ2v) is 4.74. The lowest BCUT2D eigenvalue weighted by molar-refractivity contribution is 0.766. The largest absolute Gasteiger partial charge is 0.344 e. The molecule has 0 aliphatic heterocycles. The van der Waals surface area contributed by atoms with Gasteiger partial charge in [-0.05, 0) is 38.3 Å². The van der Waals surface area contributed by atoms with Crippen LogP contribution in [0.5, 0.6) is 0 Å². The highest BCUT2D eigenvalue weighted by Crippen LogP contribution is 2.23. The third-order valence-electron chi connectivity index (χ3n) is 2.75. The summed E-state index contributed by atoms with van der Waals surface area (Å²) in [5.74, 6) is 1.10. The molecule has 0 spiro atoms. The van der Waals surface area contributed by atoms with Gasteiger partial charge in [-0.25, -0.2) is 0 Å². The van der Waals surface area contributed by atoms with Crippen molar-refractivity contribution in [3.05, 3.63) is 35.5 Å². The van der Waals surface area contributed by atoms with Crippen LogP contribution in [0.1, 0.15) is 18.2 Å². The van der Waals surface area contributed by atoms with Crippen LogP contribution in [0.3, 0.4) is 0 Å². The van der Waals surface area contributed by atoms with Crippen LogP contribution in [0.15, 0.2) is 24.3 Å². The van der Waals surface area contributed by atoms with E-state index in [4.69, 9.17) is 0 Å². The predicted molar refractivity (Wildman–Crippen MR) is 69.6 cm³/mol. The molecule has 0 aliphatic carbocycles. The van der Waals surface area contributed by atoms with Gasteiger partial charge in [0.15, 0.2) is 0 Å². The number of benzene rings is 1. The van der Waals surface area contributed by atoms with Crippen molar-refractivity contribution in [2.45, 2.75) is 26.1 Å². The highest BCUT2D eigenvalue weighted by atomic mass is 32.2. The summed E-state index contributed by atoms with van der Waals surface area (Å²) in [7, 11) is 0. The molecule has 0 radical (unpaired) electrons. The minimum absolute atomic E-state index is 1.06. The van der Waals surface area contributed by atoms with Gasteiger partial charge >= 0.3 is 0 Å². The Hall–Kier alpha value is -0.890. The van der Waals surface area contributed by atoms with Gasteiger partial charge < -0.3 is 4.57 Å². The van der Waals surface area contributed by atoms with Crippen LogP contribution >= 0.6 is 11.8 Å². The number of nitrogens with zero attached hydrogens (tertiary/aromatic N) is 1. The van der Waals surface area contributed by atoms with Crippen molar-refractivity contribution in [3.63, 3.8) is 0 Å². The van der Waals surface area contributed by atoms with E-state index >= 15 is 0 Å². The maximum Gasteiger partial charge on any atom is 0.0482 e. The van der Waals surface area contributed by atoms with E-state index in [1.54, 1.807) is 0 Å². The summed E-state index contributed by atoms with van der Waals surface area (Å²) in [4.78, 5) is 0. The van der Waals surface area contributed by atoms with Crippen LogP contribution in [0.25, 0.3) is 10.9 Å². The van der Waals surface area contributed by atoms with Gasteiger partial charge in [0, 0.05) is 28.9 Å². The fourth-order valence-corrected chi connectivity index (χ4v) is 2.62. The molecule has 15 heavy (non-hydrogen) atoms. The van der Waals surface area contributed by atoms with Crippen LogP contribution in [-0.2, 0) is 12.3 Å². The standard InChI is InChI=1S/C13H17NS/c1-4-14-12(9-15-3)8-11-7-10(2)5-6-13(11)14/h5-8H,4,9H2,1-3H3. The SMILES string of the molecule is CCn1c(CSC)cc2cc(C)ccc21. The second-order valence-electron chi connectivity index (χ2n) is 3.88. The molecule has 0 amide bonds. The third kappa shape index (κ3) is 1.91. The van der Waals surface area contributed by atoms with E-state index in [-0.39, 0.29) is 0 Å². The molecule has 1 aromatic carbocycles. The van der Waals surface area contributed by atoms with E-state index in [1.807, 2.05) is 11.8 Å². The zero-order valence-electron chi connectivity index (χ0n) is 9.58. The Labute approximate surface area is 95.5 Å². The van der Waals surface area contributed by atoms with Crippen LogP contribution < -0.4 is 0 Å². The van der Waals surface area contributed by atoms with Gasteiger partial charge in [-0.2, -0.15) is 11.8 Å². The van der Waals surface area contributed by atoms with E-state index in [0.717, 1.165) is 12.3 Å². The summed E-state index contributed by atoms with van der Waals surface area (Å²) in [6.07, 6.45) is 2.16. The van der Waals surface area contributed by atoms with Crippen molar-refractivity contribution < 1.29 is 0 Å². The topological polar surface area (TPSA) is 4.93 Å². The number of thioether (sulfide) groups is 1. The average molecular weight is 219 g/mol. The molecular formula is C13H17NS. The van der Waals surface area contributed by atoms with Crippen molar-refractivity contribution in [3.8, 4) is 0 Å². The fraction of sp³-hybridized carbons (Fsp3) is 0.385. The van der Waals surface area contributed by atoms with Crippen molar-refractivity contribution in [2.75, 3.05) is 6.26 Å². The molecule has 0 aliphatic rings. The summed E-state index contributed by atoms with van der Waals surface area (Å²) in [6.45, 7) is 5.42. The zero-order chi connectivity index (χ0) is 10.8. The maximum atomic E-state index is 2.41. The Morgan fingerprint density at radius 2 is 2.07 bits per heavy atom. The van der Waals surface area contributed by atoms with Crippen LogP contribution in [-0.4, -0.2) is 10.8 Å². The molecule has 80 valence electrons. The number of aryl methyl sites for hydroxylation is 2. The maximum absolute atomic E-state index is 2.41. The van der Waals surface area contributed by atoms with Gasteiger partial charge in [0.05, 0.1) is 0 Å². The molecule has 0 fully saturated rings. The average Bonchev–Trinajstić information content (AvgIpc) is 2.54. The summed E-state index contributed by atoms with van der Waals surface area (Å²) in [5, 5.41) is 1.38. The van der Waals surface area contributed by atoms with Gasteiger partial charge in [0.2, 0.25) is 0 Å². The lowest BCUT2D eigenvalue weighted by atomic mass is 10.2. The Morgan fingerprint density at radius 3 is 2.73 bits per heavy atom. The molecule has 2 rings (SSSR count). The molecule has 0 saturated carbocycles. The minimum Gasteiger partial charge on any atom is -0.344 e. The lowest BCUT2D eigenvalue weighted by Crippen LogP contribution is -1.98. The molecule has 1 nitrogen and oxygen atoms in total. The molecular weight excluding hydrogens is 202 g/mol. The molecule has 0 N–H and O–H groups in total. The Bertz CT molecular complexity index is 471. The molecule has 2 heteroatoms. The second kappa shape index (κ2) is 4.31. The van der Waals surface area contributed by atoms with Crippen LogP contribution in [0.4, 0.5) is 0 Å². The first-order chi connectivity index (χ1) is 7.26. The van der Waals surface area contributed by atoms with Crippen molar-refractivity contribution >= 4 is 22.7 Å². The van der Waals surface area contributed by atoms with Crippen molar-refractivity contribution in [1.82, 2.24) is 4.57 Å². The fourth-order valence-electron chi connectivity index (χ4n) is 2.09. The summed E-state index contributed by atoms with van der Waals surface area (Å²) < 4.78 is 2.41. The third-order valence-corrected chi connectivity index (χ3v) is 3.34. The number of fused-ring (bicyclic) bond motifs is 1. The molecule has 0 atom stereocenters. The first-order valence-electron chi connectivity index (χ1n) is 5.34. The Kier molecular flexibility index (Phi) is 3.06. The van der Waals surface area contributed by atoms with E-state index in [1.165, 1.54) is 22.2 Å². The smallest absolute Gasteiger partial charge is 0.0482 e. The molecule has 1 aromatic heterocycles. The van der Waals surface area contributed by atoms with Crippen LogP contribution in [0, 0.1) is 6.92 Å². The minimum atomic E-state index is 1.06. The van der Waals surface area contributed by atoms with Gasteiger partial charge in [0.25, 0.3) is 0 Å². The Balaban J connectivity index is 2.62. The number of hydrogen-bond acceptors (Lipinski definition) is 1. The van der Waals surface area contributed by atoms with Crippen LogP contribution in [0.2, 0.25) is 0 Å². The first-order valence-corrected chi connectivity index (χ1v) is 6.73. The monoisotopic (exact) mass is 219 g/mol. The van der Waals surface area contributed by atoms with E-state index < -0.39 is 0 Å². The Morgan fingerprint density at radius 1 is 1.27 bits per heavy atom. The molecule has 0 unspecified atom stereocenters. The predicted octanol–water partition coefficient (Wildman–Crippen LogP) is 3.83. The summed E-state index contributed by atoms with van der Waals surface area (Å²) >= 11 is 1.88. The van der Waals surface area contributed by atoms with E-state index in [9.17, 15) is 0 Å². The highest BCUT2D eigenvalue weighted by molar-refractivity contribution is 7.97. The number of hydrogen-bond donors (Lipinski definition) is 0. The molecule has 2 aromatic rings. The van der Waals surface area contributed by atoms with Gasteiger partial charge in [-0.1, -0.05) is 11.6 Å².